The maximum atomic E-state index is 12.3. The molecule has 1 fully saturated rings. The van der Waals surface area contributed by atoms with E-state index < -0.39 is 16.3 Å². The van der Waals surface area contributed by atoms with Crippen LogP contribution in [0.1, 0.15) is 0 Å². The Bertz CT molecular complexity index is 1100. The fourth-order valence-corrected chi connectivity index (χ4v) is 4.55. The first-order valence-electron chi connectivity index (χ1n) is 8.05. The molecule has 26 heavy (non-hydrogen) atoms. The van der Waals surface area contributed by atoms with E-state index in [1.807, 2.05) is 48.5 Å². The molecule has 6 nitrogen and oxygen atoms in total. The highest BCUT2D eigenvalue weighted by Gasteiger charge is 2.36. The number of phenolic OH excluding ortho intramolecular Hbond substituents is 1. The molecular weight excluding hydrogens is 352 g/mol. The molecule has 1 unspecified atom stereocenters. The average Bonchev–Trinajstić information content (AvgIpc) is 2.96. The number of nitrogens with one attached hydrogen (secondary N) is 1. The van der Waals surface area contributed by atoms with Crippen LogP contribution >= 0.6 is 0 Å². The zero-order chi connectivity index (χ0) is 18.3. The lowest BCUT2D eigenvalue weighted by atomic mass is 10.0. The van der Waals surface area contributed by atoms with Gasteiger partial charge >= 0.3 is 10.2 Å². The van der Waals surface area contributed by atoms with E-state index in [2.05, 4.69) is 4.72 Å². The molecule has 4 rings (SSSR count). The second-order valence-corrected chi connectivity index (χ2v) is 7.79. The molecule has 0 bridgehead atoms. The Morgan fingerprint density at radius 2 is 1.77 bits per heavy atom. The van der Waals surface area contributed by atoms with Gasteiger partial charge in [0.05, 0.1) is 18.3 Å². The molecule has 0 aliphatic carbocycles. The van der Waals surface area contributed by atoms with Gasteiger partial charge in [0.1, 0.15) is 12.0 Å². The number of hydrogen-bond donors (Lipinski definition) is 2. The van der Waals surface area contributed by atoms with Gasteiger partial charge in [0.25, 0.3) is 0 Å². The topological polar surface area (TPSA) is 86.7 Å². The number of carbonyl (C=O) groups is 1. The molecule has 0 spiro atoms. The van der Waals surface area contributed by atoms with Crippen molar-refractivity contribution in [1.82, 2.24) is 4.72 Å². The molecule has 3 aromatic rings. The quantitative estimate of drug-likeness (QED) is 0.695. The maximum absolute atomic E-state index is 12.3. The van der Waals surface area contributed by atoms with Crippen molar-refractivity contribution in [2.45, 2.75) is 6.04 Å². The van der Waals surface area contributed by atoms with Crippen molar-refractivity contribution in [3.63, 3.8) is 0 Å². The Morgan fingerprint density at radius 1 is 1.00 bits per heavy atom. The van der Waals surface area contributed by atoms with E-state index >= 15 is 0 Å². The van der Waals surface area contributed by atoms with Crippen LogP contribution in [0.4, 0.5) is 5.69 Å². The lowest BCUT2D eigenvalue weighted by Crippen LogP contribution is -2.30. The van der Waals surface area contributed by atoms with Gasteiger partial charge in [0.15, 0.2) is 0 Å². The van der Waals surface area contributed by atoms with Crippen LogP contribution in [0.25, 0.3) is 21.9 Å². The lowest BCUT2D eigenvalue weighted by Gasteiger charge is -2.18. The fourth-order valence-electron chi connectivity index (χ4n) is 3.15. The molecule has 1 aliphatic rings. The highest BCUT2D eigenvalue weighted by Crippen LogP contribution is 2.36. The van der Waals surface area contributed by atoms with Crippen molar-refractivity contribution in [1.29, 1.82) is 0 Å². The lowest BCUT2D eigenvalue weighted by molar-refractivity contribution is -0.108. The van der Waals surface area contributed by atoms with Crippen molar-refractivity contribution in [2.75, 3.05) is 10.8 Å². The third-order valence-corrected chi connectivity index (χ3v) is 5.95. The number of fused-ring (bicyclic) bond motifs is 1. The summed E-state index contributed by atoms with van der Waals surface area (Å²) in [7, 11) is -3.86. The number of phenols is 1. The van der Waals surface area contributed by atoms with Gasteiger partial charge in [-0.15, -0.1) is 0 Å². The van der Waals surface area contributed by atoms with Crippen LogP contribution in [0.15, 0.2) is 60.7 Å². The minimum Gasteiger partial charge on any atom is -0.506 e. The average molecular weight is 368 g/mol. The highest BCUT2D eigenvalue weighted by atomic mass is 32.2. The number of hydrogen-bond acceptors (Lipinski definition) is 4. The van der Waals surface area contributed by atoms with E-state index in [-0.39, 0.29) is 18.0 Å². The summed E-state index contributed by atoms with van der Waals surface area (Å²) in [5, 5.41) is 11.9. The van der Waals surface area contributed by atoms with Crippen molar-refractivity contribution in [2.24, 2.45) is 0 Å². The van der Waals surface area contributed by atoms with Gasteiger partial charge in [-0.3, -0.25) is 4.31 Å². The number of carbonyl (C=O) groups excluding carboxylic acids is 1. The Kier molecular flexibility index (Phi) is 3.90. The molecule has 0 amide bonds. The summed E-state index contributed by atoms with van der Waals surface area (Å²) in [6, 6.07) is 17.9. The van der Waals surface area contributed by atoms with Gasteiger partial charge in [-0.25, -0.2) is 0 Å². The number of aldehydes is 1. The zero-order valence-electron chi connectivity index (χ0n) is 13.7. The third-order valence-electron chi connectivity index (χ3n) is 4.43. The van der Waals surface area contributed by atoms with Crippen LogP contribution in [-0.2, 0) is 15.0 Å². The number of rotatable bonds is 3. The van der Waals surface area contributed by atoms with Crippen LogP contribution in [-0.4, -0.2) is 32.4 Å². The van der Waals surface area contributed by atoms with E-state index in [9.17, 15) is 18.3 Å². The van der Waals surface area contributed by atoms with Gasteiger partial charge in [0, 0.05) is 0 Å². The standard InChI is InChI=1S/C19H16N2O4S/c22-12-17-11-21(26(24,25)20-17)18-9-16-8-14(13-4-2-1-3-5-13)6-7-15(16)10-19(18)23/h1-10,12,17,20,23H,11H2. The van der Waals surface area contributed by atoms with Crippen LogP contribution in [0, 0.1) is 0 Å². The van der Waals surface area contributed by atoms with Crippen molar-refractivity contribution in [3.8, 4) is 16.9 Å². The van der Waals surface area contributed by atoms with Gasteiger partial charge in [-0.2, -0.15) is 13.1 Å². The van der Waals surface area contributed by atoms with Crippen LogP contribution < -0.4 is 9.03 Å². The third kappa shape index (κ3) is 2.81. The second kappa shape index (κ2) is 6.12. The van der Waals surface area contributed by atoms with Gasteiger partial charge in [-0.05, 0) is 40.1 Å². The molecule has 2 N–H and O–H groups in total. The molecule has 7 heteroatoms. The molecule has 1 atom stereocenters. The number of benzene rings is 3. The normalized spacial score (nSPS) is 18.9. The Hall–Kier alpha value is -2.90. The first-order valence-corrected chi connectivity index (χ1v) is 9.49. The number of anilines is 1. The summed E-state index contributed by atoms with van der Waals surface area (Å²) in [5.74, 6) is -0.151. The number of aromatic hydroxyl groups is 1. The SMILES string of the molecule is O=CC1CN(c2cc3cc(-c4ccccc4)ccc3cc2O)S(=O)(=O)N1. The van der Waals surface area contributed by atoms with Gasteiger partial charge < -0.3 is 9.90 Å². The summed E-state index contributed by atoms with van der Waals surface area (Å²) in [4.78, 5) is 11.0. The summed E-state index contributed by atoms with van der Waals surface area (Å²) in [5.41, 5.74) is 2.18. The van der Waals surface area contributed by atoms with Crippen LogP contribution in [0.2, 0.25) is 0 Å². The van der Waals surface area contributed by atoms with E-state index in [0.717, 1.165) is 26.2 Å². The molecule has 1 saturated heterocycles. The van der Waals surface area contributed by atoms with E-state index in [0.29, 0.717) is 6.29 Å². The molecule has 0 radical (unpaired) electrons. The fraction of sp³-hybridized carbons (Fsp3) is 0.105. The first-order chi connectivity index (χ1) is 12.5. The van der Waals surface area contributed by atoms with Gasteiger partial charge in [0.2, 0.25) is 0 Å². The van der Waals surface area contributed by atoms with Gasteiger partial charge in [-0.1, -0.05) is 42.5 Å². The molecule has 1 aliphatic heterocycles. The maximum Gasteiger partial charge on any atom is 0.302 e. The van der Waals surface area contributed by atoms with E-state index in [4.69, 9.17) is 0 Å². The molecule has 0 saturated carbocycles. The summed E-state index contributed by atoms with van der Waals surface area (Å²) in [6.07, 6.45) is 0.545. The van der Waals surface area contributed by atoms with Crippen LogP contribution in [0.3, 0.4) is 0 Å². The second-order valence-electron chi connectivity index (χ2n) is 6.17. The largest absolute Gasteiger partial charge is 0.506 e. The Morgan fingerprint density at radius 3 is 2.46 bits per heavy atom. The van der Waals surface area contributed by atoms with Crippen molar-refractivity contribution < 1.29 is 18.3 Å². The first kappa shape index (κ1) is 16.6. The molecular formula is C19H16N2O4S. The Balaban J connectivity index is 1.84. The molecule has 0 aromatic heterocycles. The van der Waals surface area contributed by atoms with E-state index in [1.165, 1.54) is 6.07 Å². The molecule has 3 aromatic carbocycles. The summed E-state index contributed by atoms with van der Waals surface area (Å²) >= 11 is 0. The minimum atomic E-state index is -3.86. The molecule has 132 valence electrons. The summed E-state index contributed by atoms with van der Waals surface area (Å²) in [6.45, 7) is -0.0523. The van der Waals surface area contributed by atoms with E-state index in [1.54, 1.807) is 6.07 Å². The summed E-state index contributed by atoms with van der Waals surface area (Å²) < 4.78 is 27.8. The predicted molar refractivity (Wildman–Crippen MR) is 100 cm³/mol. The zero-order valence-corrected chi connectivity index (χ0v) is 14.5. The van der Waals surface area contributed by atoms with Crippen LogP contribution in [0.5, 0.6) is 5.75 Å². The number of nitrogens with zero attached hydrogens (tertiary/aromatic N) is 1. The minimum absolute atomic E-state index is 0.0523. The predicted octanol–water partition coefficient (Wildman–Crippen LogP) is 2.43. The monoisotopic (exact) mass is 368 g/mol. The van der Waals surface area contributed by atoms with Crippen molar-refractivity contribution >= 4 is 33.0 Å². The smallest absolute Gasteiger partial charge is 0.302 e. The van der Waals surface area contributed by atoms with Crippen molar-refractivity contribution in [3.05, 3.63) is 60.7 Å². The Labute approximate surface area is 150 Å². The molecule has 1 heterocycles. The highest BCUT2D eigenvalue weighted by molar-refractivity contribution is 7.91.